The number of carbonyl (C=O) groups excluding carboxylic acids is 2. The van der Waals surface area contributed by atoms with E-state index in [-0.39, 0.29) is 12.5 Å². The van der Waals surface area contributed by atoms with Gasteiger partial charge in [0.2, 0.25) is 0 Å². The van der Waals surface area contributed by atoms with Gasteiger partial charge in [0.15, 0.2) is 0 Å². The lowest BCUT2D eigenvalue weighted by atomic mass is 10.1. The normalized spacial score (nSPS) is 27.5. The maximum absolute atomic E-state index is 11.2. The van der Waals surface area contributed by atoms with E-state index in [1.807, 2.05) is 6.92 Å². The van der Waals surface area contributed by atoms with Crippen LogP contribution in [0, 0.1) is 5.92 Å². The molecule has 74 valence electrons. The fourth-order valence-corrected chi connectivity index (χ4v) is 1.33. The number of esters is 1. The zero-order valence-corrected chi connectivity index (χ0v) is 7.69. The van der Waals surface area contributed by atoms with Gasteiger partial charge in [0.1, 0.15) is 0 Å². The molecule has 1 aliphatic rings. The summed E-state index contributed by atoms with van der Waals surface area (Å²) in [6.45, 7) is 2.46. The number of carbonyl (C=O) groups is 2. The van der Waals surface area contributed by atoms with Crippen molar-refractivity contribution < 1.29 is 19.4 Å². The Morgan fingerprint density at radius 1 is 1.46 bits per heavy atom. The lowest BCUT2D eigenvalue weighted by Crippen LogP contribution is -2.36. The van der Waals surface area contributed by atoms with Gasteiger partial charge < -0.3 is 14.7 Å². The number of rotatable bonds is 0. The summed E-state index contributed by atoms with van der Waals surface area (Å²) in [6, 6.07) is 0. The molecule has 0 radical (unpaired) electrons. The van der Waals surface area contributed by atoms with Gasteiger partial charge in [-0.2, -0.15) is 0 Å². The van der Waals surface area contributed by atoms with E-state index in [1.165, 1.54) is 4.90 Å². The van der Waals surface area contributed by atoms with E-state index in [0.29, 0.717) is 6.54 Å². The van der Waals surface area contributed by atoms with Gasteiger partial charge in [0.05, 0.1) is 13.2 Å². The highest BCUT2D eigenvalue weighted by Crippen LogP contribution is 2.16. The van der Waals surface area contributed by atoms with Crippen LogP contribution in [0.25, 0.3) is 0 Å². The van der Waals surface area contributed by atoms with Crippen LogP contribution in [-0.2, 0) is 14.3 Å². The Labute approximate surface area is 76.3 Å². The smallest absolute Gasteiger partial charge is 0.396 e. The third-order valence-corrected chi connectivity index (χ3v) is 2.22. The molecule has 5 heteroatoms. The molecule has 13 heavy (non-hydrogen) atoms. The van der Waals surface area contributed by atoms with Crippen LogP contribution in [0.2, 0.25) is 0 Å². The van der Waals surface area contributed by atoms with Crippen molar-refractivity contribution in [3.63, 3.8) is 0 Å². The molecule has 1 N–H and O–H groups in total. The number of aliphatic hydroxyl groups is 1. The number of likely N-dealkylation sites (tertiary alicyclic amines) is 1. The summed E-state index contributed by atoms with van der Waals surface area (Å²) in [6.07, 6.45) is -0.534. The largest absolute Gasteiger partial charge is 0.462 e. The molecule has 1 heterocycles. The predicted molar refractivity (Wildman–Crippen MR) is 43.8 cm³/mol. The molecule has 1 saturated heterocycles. The summed E-state index contributed by atoms with van der Waals surface area (Å²) in [5.74, 6) is -1.53. The molecule has 5 nitrogen and oxygen atoms in total. The van der Waals surface area contributed by atoms with Crippen molar-refractivity contribution >= 4 is 11.9 Å². The van der Waals surface area contributed by atoms with Gasteiger partial charge in [0.25, 0.3) is 0 Å². The second kappa shape index (κ2) is 3.74. The number of β-amino-alcohol motifs (C(OH)–C–C–N with tert-alkyl or cyclic N) is 1. The second-order valence-electron chi connectivity index (χ2n) is 3.25. The SMILES string of the molecule is COC(=O)C(=O)N1CC(C)C(O)C1. The Kier molecular flexibility index (Phi) is 2.87. The van der Waals surface area contributed by atoms with E-state index >= 15 is 0 Å². The van der Waals surface area contributed by atoms with E-state index < -0.39 is 18.0 Å². The number of hydrogen-bond acceptors (Lipinski definition) is 4. The average molecular weight is 187 g/mol. The highest BCUT2D eigenvalue weighted by molar-refractivity contribution is 6.32. The Morgan fingerprint density at radius 2 is 2.08 bits per heavy atom. The van der Waals surface area contributed by atoms with Gasteiger partial charge in [-0.05, 0) is 0 Å². The van der Waals surface area contributed by atoms with E-state index in [2.05, 4.69) is 4.74 Å². The Balaban J connectivity index is 2.56. The van der Waals surface area contributed by atoms with E-state index in [9.17, 15) is 14.7 Å². The first-order valence-electron chi connectivity index (χ1n) is 4.11. The molecule has 0 bridgehead atoms. The quantitative estimate of drug-likeness (QED) is 0.390. The van der Waals surface area contributed by atoms with Crippen LogP contribution in [0.4, 0.5) is 0 Å². The van der Waals surface area contributed by atoms with Crippen molar-refractivity contribution in [3.8, 4) is 0 Å². The molecule has 0 aromatic heterocycles. The molecule has 2 unspecified atom stereocenters. The fraction of sp³-hybridized carbons (Fsp3) is 0.750. The van der Waals surface area contributed by atoms with Crippen LogP contribution in [-0.4, -0.2) is 48.2 Å². The van der Waals surface area contributed by atoms with Gasteiger partial charge in [-0.1, -0.05) is 6.92 Å². The summed E-state index contributed by atoms with van der Waals surface area (Å²) in [5, 5.41) is 9.33. The molecule has 0 aromatic carbocycles. The summed E-state index contributed by atoms with van der Waals surface area (Å²) in [5.41, 5.74) is 0. The third-order valence-electron chi connectivity index (χ3n) is 2.22. The van der Waals surface area contributed by atoms with Crippen molar-refractivity contribution in [3.05, 3.63) is 0 Å². The molecule has 1 fully saturated rings. The molecule has 1 rings (SSSR count). The van der Waals surface area contributed by atoms with Gasteiger partial charge in [0, 0.05) is 19.0 Å². The van der Waals surface area contributed by atoms with Gasteiger partial charge in [-0.15, -0.1) is 0 Å². The first-order valence-corrected chi connectivity index (χ1v) is 4.11. The number of hydrogen-bond donors (Lipinski definition) is 1. The third kappa shape index (κ3) is 1.98. The molecule has 0 aliphatic carbocycles. The number of methoxy groups -OCH3 is 1. The minimum Gasteiger partial charge on any atom is -0.462 e. The molecule has 1 aliphatic heterocycles. The van der Waals surface area contributed by atoms with Crippen LogP contribution >= 0.6 is 0 Å². The van der Waals surface area contributed by atoms with Crippen LogP contribution in [0.5, 0.6) is 0 Å². The van der Waals surface area contributed by atoms with Crippen molar-refractivity contribution in [2.75, 3.05) is 20.2 Å². The summed E-state index contributed by atoms with van der Waals surface area (Å²) < 4.78 is 4.28. The standard InChI is InChI=1S/C8H13NO4/c1-5-3-9(4-6(5)10)7(11)8(12)13-2/h5-6,10H,3-4H2,1-2H3. The van der Waals surface area contributed by atoms with Crippen molar-refractivity contribution in [1.82, 2.24) is 4.90 Å². The van der Waals surface area contributed by atoms with Crippen LogP contribution in [0.3, 0.4) is 0 Å². The molecule has 2 atom stereocenters. The van der Waals surface area contributed by atoms with Gasteiger partial charge in [-0.3, -0.25) is 4.79 Å². The lowest BCUT2D eigenvalue weighted by Gasteiger charge is -2.12. The average Bonchev–Trinajstić information content (AvgIpc) is 2.44. The number of amides is 1. The second-order valence-corrected chi connectivity index (χ2v) is 3.25. The monoisotopic (exact) mass is 187 g/mol. The highest BCUT2D eigenvalue weighted by Gasteiger charge is 2.34. The van der Waals surface area contributed by atoms with Crippen molar-refractivity contribution in [2.24, 2.45) is 5.92 Å². The first kappa shape index (κ1) is 9.98. The maximum Gasteiger partial charge on any atom is 0.396 e. The molecule has 0 saturated carbocycles. The predicted octanol–water partition coefficient (Wildman–Crippen LogP) is -1.00. The van der Waals surface area contributed by atoms with Crippen molar-refractivity contribution in [2.45, 2.75) is 13.0 Å². The number of ether oxygens (including phenoxy) is 1. The fourth-order valence-electron chi connectivity index (χ4n) is 1.33. The minimum atomic E-state index is -0.874. The topological polar surface area (TPSA) is 66.8 Å². The Morgan fingerprint density at radius 3 is 2.46 bits per heavy atom. The summed E-state index contributed by atoms with van der Waals surface area (Å²) >= 11 is 0. The van der Waals surface area contributed by atoms with Crippen LogP contribution < -0.4 is 0 Å². The summed E-state index contributed by atoms with van der Waals surface area (Å²) in [4.78, 5) is 23.3. The minimum absolute atomic E-state index is 0.0219. The van der Waals surface area contributed by atoms with E-state index in [0.717, 1.165) is 7.11 Å². The van der Waals surface area contributed by atoms with Crippen molar-refractivity contribution in [1.29, 1.82) is 0 Å². The van der Waals surface area contributed by atoms with Gasteiger partial charge in [-0.25, -0.2) is 4.79 Å². The number of nitrogens with zero attached hydrogens (tertiary/aromatic N) is 1. The highest BCUT2D eigenvalue weighted by atomic mass is 16.5. The van der Waals surface area contributed by atoms with Gasteiger partial charge >= 0.3 is 11.9 Å². The zero-order valence-electron chi connectivity index (χ0n) is 7.69. The molecular formula is C8H13NO4. The lowest BCUT2D eigenvalue weighted by molar-refractivity contribution is -0.157. The Bertz CT molecular complexity index is 218. The summed E-state index contributed by atoms with van der Waals surface area (Å²) in [7, 11) is 1.16. The first-order chi connectivity index (χ1) is 6.06. The van der Waals surface area contributed by atoms with E-state index in [4.69, 9.17) is 0 Å². The molecule has 1 amide bonds. The van der Waals surface area contributed by atoms with Crippen LogP contribution in [0.1, 0.15) is 6.92 Å². The molecule has 0 aromatic rings. The van der Waals surface area contributed by atoms with E-state index in [1.54, 1.807) is 0 Å². The number of aliphatic hydroxyl groups excluding tert-OH is 1. The maximum atomic E-state index is 11.2. The molecule has 0 spiro atoms. The zero-order chi connectivity index (χ0) is 10.0. The van der Waals surface area contributed by atoms with Crippen LogP contribution in [0.15, 0.2) is 0 Å². The Hall–Kier alpha value is -1.10. The molecular weight excluding hydrogens is 174 g/mol.